The summed E-state index contributed by atoms with van der Waals surface area (Å²) in [5.41, 5.74) is 3.75. The Morgan fingerprint density at radius 2 is 2.04 bits per heavy atom. The zero-order valence-electron chi connectivity index (χ0n) is 13.2. The van der Waals surface area contributed by atoms with E-state index in [1.165, 1.54) is 18.3 Å². The molecule has 126 valence electrons. The molecular formula is C16H18N4O4. The number of hydrogen-bond donors (Lipinski definition) is 2. The lowest BCUT2D eigenvalue weighted by atomic mass is 10.2. The zero-order chi connectivity index (χ0) is 17.4. The predicted octanol–water partition coefficient (Wildman–Crippen LogP) is 3.16. The van der Waals surface area contributed by atoms with Gasteiger partial charge in [-0.25, -0.2) is 5.43 Å². The molecule has 0 saturated heterocycles. The topological polar surface area (TPSA) is 110 Å². The Labute approximate surface area is 138 Å². The second-order valence-electron chi connectivity index (χ2n) is 4.99. The fourth-order valence-corrected chi connectivity index (χ4v) is 1.88. The number of nitrogens with one attached hydrogen (secondary N) is 2. The van der Waals surface area contributed by atoms with Crippen LogP contribution in [0.5, 0.6) is 0 Å². The van der Waals surface area contributed by atoms with Crippen molar-refractivity contribution in [3.8, 4) is 0 Å². The molecule has 0 fully saturated rings. The van der Waals surface area contributed by atoms with Crippen LogP contribution in [0.1, 0.15) is 35.9 Å². The summed E-state index contributed by atoms with van der Waals surface area (Å²) in [6.45, 7) is 3.01. The summed E-state index contributed by atoms with van der Waals surface area (Å²) in [4.78, 5) is 21.8. The Morgan fingerprint density at radius 3 is 2.67 bits per heavy atom. The molecule has 1 amide bonds. The number of furan rings is 1. The standard InChI is InChI=1S/C16H18N4O4/c1-2-3-10-17-13-6-4-12(5-7-13)16(21)19-18-11-14-8-9-15(24-14)20(22)23/h4-9,11,17H,2-3,10H2,1H3,(H,19,21)/b18-11+. The van der Waals surface area contributed by atoms with E-state index in [-0.39, 0.29) is 17.6 Å². The van der Waals surface area contributed by atoms with E-state index in [9.17, 15) is 14.9 Å². The molecular weight excluding hydrogens is 312 g/mol. The monoisotopic (exact) mass is 330 g/mol. The molecule has 1 aromatic carbocycles. The highest BCUT2D eigenvalue weighted by molar-refractivity contribution is 5.95. The van der Waals surface area contributed by atoms with E-state index in [2.05, 4.69) is 22.8 Å². The summed E-state index contributed by atoms with van der Waals surface area (Å²) in [6, 6.07) is 9.64. The first-order chi connectivity index (χ1) is 11.6. The van der Waals surface area contributed by atoms with Crippen LogP contribution in [-0.4, -0.2) is 23.6 Å². The number of hydrazone groups is 1. The van der Waals surface area contributed by atoms with Crippen LogP contribution in [0, 0.1) is 10.1 Å². The van der Waals surface area contributed by atoms with Gasteiger partial charge in [0.25, 0.3) is 5.91 Å². The van der Waals surface area contributed by atoms with Crippen molar-refractivity contribution in [1.29, 1.82) is 0 Å². The maximum absolute atomic E-state index is 11.9. The van der Waals surface area contributed by atoms with Crippen LogP contribution in [0.25, 0.3) is 0 Å². The molecule has 0 unspecified atom stereocenters. The Morgan fingerprint density at radius 1 is 1.29 bits per heavy atom. The van der Waals surface area contributed by atoms with Gasteiger partial charge in [0, 0.05) is 17.8 Å². The van der Waals surface area contributed by atoms with E-state index in [0.717, 1.165) is 25.1 Å². The van der Waals surface area contributed by atoms with Gasteiger partial charge < -0.3 is 9.73 Å². The van der Waals surface area contributed by atoms with E-state index in [1.807, 2.05) is 12.1 Å². The largest absolute Gasteiger partial charge is 0.433 e. The number of anilines is 1. The van der Waals surface area contributed by atoms with Crippen molar-refractivity contribution in [2.24, 2.45) is 5.10 Å². The maximum atomic E-state index is 11.9. The molecule has 0 aliphatic carbocycles. The molecule has 1 heterocycles. The second kappa shape index (κ2) is 8.47. The summed E-state index contributed by atoms with van der Waals surface area (Å²) in [5.74, 6) is -0.584. The van der Waals surface area contributed by atoms with Crippen LogP contribution in [0.3, 0.4) is 0 Å². The number of rotatable bonds is 8. The summed E-state index contributed by atoms with van der Waals surface area (Å²) in [5, 5.41) is 17.5. The molecule has 1 aromatic heterocycles. The van der Waals surface area contributed by atoms with Crippen molar-refractivity contribution < 1.29 is 14.1 Å². The molecule has 24 heavy (non-hydrogen) atoms. The molecule has 2 rings (SSSR count). The second-order valence-corrected chi connectivity index (χ2v) is 4.99. The van der Waals surface area contributed by atoms with E-state index < -0.39 is 4.92 Å². The average molecular weight is 330 g/mol. The minimum atomic E-state index is -0.647. The number of amides is 1. The Hall–Kier alpha value is -3.16. The Bertz CT molecular complexity index is 722. The number of nitro groups is 1. The van der Waals surface area contributed by atoms with Crippen LogP contribution < -0.4 is 10.7 Å². The minimum absolute atomic E-state index is 0.178. The molecule has 0 aliphatic rings. The highest BCUT2D eigenvalue weighted by Crippen LogP contribution is 2.14. The Kier molecular flexibility index (Phi) is 6.07. The molecule has 8 nitrogen and oxygen atoms in total. The van der Waals surface area contributed by atoms with Crippen molar-refractivity contribution in [2.75, 3.05) is 11.9 Å². The van der Waals surface area contributed by atoms with Gasteiger partial charge in [-0.3, -0.25) is 14.9 Å². The summed E-state index contributed by atoms with van der Waals surface area (Å²) in [6.07, 6.45) is 3.40. The lowest BCUT2D eigenvalue weighted by Gasteiger charge is -2.06. The van der Waals surface area contributed by atoms with Crippen molar-refractivity contribution in [3.05, 3.63) is 57.8 Å². The summed E-state index contributed by atoms with van der Waals surface area (Å²) >= 11 is 0. The SMILES string of the molecule is CCCCNc1ccc(C(=O)N/N=C/c2ccc([N+](=O)[O-])o2)cc1. The lowest BCUT2D eigenvalue weighted by molar-refractivity contribution is -0.402. The first kappa shape index (κ1) is 17.2. The van der Waals surface area contributed by atoms with Crippen molar-refractivity contribution in [2.45, 2.75) is 19.8 Å². The molecule has 0 aliphatic heterocycles. The molecule has 0 radical (unpaired) electrons. The lowest BCUT2D eigenvalue weighted by Crippen LogP contribution is -2.17. The van der Waals surface area contributed by atoms with E-state index in [1.54, 1.807) is 12.1 Å². The third-order valence-corrected chi connectivity index (χ3v) is 3.16. The van der Waals surface area contributed by atoms with Crippen LogP contribution in [-0.2, 0) is 0 Å². The van der Waals surface area contributed by atoms with Gasteiger partial charge in [-0.1, -0.05) is 13.3 Å². The summed E-state index contributed by atoms with van der Waals surface area (Å²) in [7, 11) is 0. The van der Waals surface area contributed by atoms with Gasteiger partial charge >= 0.3 is 5.88 Å². The highest BCUT2D eigenvalue weighted by Gasteiger charge is 2.10. The Balaban J connectivity index is 1.87. The quantitative estimate of drug-likeness (QED) is 0.334. The smallest absolute Gasteiger partial charge is 0.400 e. The van der Waals surface area contributed by atoms with Gasteiger partial charge in [-0.2, -0.15) is 5.10 Å². The first-order valence-electron chi connectivity index (χ1n) is 7.51. The third kappa shape index (κ3) is 4.94. The van der Waals surface area contributed by atoms with Crippen molar-refractivity contribution >= 4 is 23.7 Å². The molecule has 8 heteroatoms. The first-order valence-corrected chi connectivity index (χ1v) is 7.51. The number of hydrogen-bond acceptors (Lipinski definition) is 6. The van der Waals surface area contributed by atoms with Gasteiger partial charge in [-0.15, -0.1) is 0 Å². The van der Waals surface area contributed by atoms with Gasteiger partial charge in [0.2, 0.25) is 0 Å². The van der Waals surface area contributed by atoms with Crippen molar-refractivity contribution in [3.63, 3.8) is 0 Å². The van der Waals surface area contributed by atoms with Crippen LogP contribution in [0.4, 0.5) is 11.6 Å². The fourth-order valence-electron chi connectivity index (χ4n) is 1.88. The van der Waals surface area contributed by atoms with E-state index in [4.69, 9.17) is 4.42 Å². The number of unbranched alkanes of at least 4 members (excludes halogenated alkanes) is 1. The maximum Gasteiger partial charge on any atom is 0.433 e. The summed E-state index contributed by atoms with van der Waals surface area (Å²) < 4.78 is 4.89. The van der Waals surface area contributed by atoms with Gasteiger partial charge in [-0.05, 0) is 36.8 Å². The van der Waals surface area contributed by atoms with Gasteiger partial charge in [0.15, 0.2) is 5.76 Å². The molecule has 0 bridgehead atoms. The number of benzene rings is 1. The molecule has 0 atom stereocenters. The van der Waals surface area contributed by atoms with E-state index in [0.29, 0.717) is 5.56 Å². The average Bonchev–Trinajstić information content (AvgIpc) is 3.05. The molecule has 0 saturated carbocycles. The van der Waals surface area contributed by atoms with Gasteiger partial charge in [0.1, 0.15) is 4.92 Å². The molecule has 2 N–H and O–H groups in total. The predicted molar refractivity (Wildman–Crippen MR) is 90.3 cm³/mol. The highest BCUT2D eigenvalue weighted by atomic mass is 16.6. The number of carbonyl (C=O) groups is 1. The zero-order valence-corrected chi connectivity index (χ0v) is 13.2. The fraction of sp³-hybridized carbons (Fsp3) is 0.250. The number of nitrogens with zero attached hydrogens (tertiary/aromatic N) is 2. The van der Waals surface area contributed by atoms with E-state index >= 15 is 0 Å². The third-order valence-electron chi connectivity index (χ3n) is 3.16. The van der Waals surface area contributed by atoms with Crippen LogP contribution >= 0.6 is 0 Å². The van der Waals surface area contributed by atoms with Crippen molar-refractivity contribution in [1.82, 2.24) is 5.43 Å². The van der Waals surface area contributed by atoms with Crippen LogP contribution in [0.15, 0.2) is 45.9 Å². The van der Waals surface area contributed by atoms with Crippen LogP contribution in [0.2, 0.25) is 0 Å². The number of carbonyl (C=O) groups excluding carboxylic acids is 1. The normalized spacial score (nSPS) is 10.7. The molecule has 0 spiro atoms. The minimum Gasteiger partial charge on any atom is -0.400 e. The van der Waals surface area contributed by atoms with Gasteiger partial charge in [0.05, 0.1) is 12.3 Å². The molecule has 2 aromatic rings.